The maximum absolute atomic E-state index is 11.5. The number of unbranched alkanes of at least 4 members (excludes halogenated alkanes) is 2. The Balaban J connectivity index is 2.03. The van der Waals surface area contributed by atoms with Gasteiger partial charge in [-0.1, -0.05) is 43.5 Å². The fraction of sp³-hybridized carbons (Fsp3) is 0.533. The van der Waals surface area contributed by atoms with E-state index in [0.29, 0.717) is 6.54 Å². The van der Waals surface area contributed by atoms with E-state index in [9.17, 15) is 4.79 Å². The van der Waals surface area contributed by atoms with Gasteiger partial charge in [-0.2, -0.15) is 0 Å². The molecule has 0 aliphatic heterocycles. The predicted octanol–water partition coefficient (Wildman–Crippen LogP) is 2.78. The van der Waals surface area contributed by atoms with Gasteiger partial charge < -0.3 is 10.6 Å². The highest BCUT2D eigenvalue weighted by Gasteiger charge is 1.99. The lowest BCUT2D eigenvalue weighted by molar-refractivity contribution is -0.120. The third-order valence-electron chi connectivity index (χ3n) is 2.89. The van der Waals surface area contributed by atoms with Gasteiger partial charge in [-0.3, -0.25) is 4.79 Å². The highest BCUT2D eigenvalue weighted by molar-refractivity contribution is 6.30. The maximum atomic E-state index is 11.5. The standard InChI is InChI=1S/C15H23ClN2O/c1-2-3-4-10-18-15(19)12-17-11-9-13-5-7-14(16)8-6-13/h5-8,17H,2-4,9-12H2,1H3,(H,18,19). The van der Waals surface area contributed by atoms with Crippen LogP contribution in [0.4, 0.5) is 0 Å². The molecular formula is C15H23ClN2O. The predicted molar refractivity (Wildman–Crippen MR) is 80.6 cm³/mol. The summed E-state index contributed by atoms with van der Waals surface area (Å²) < 4.78 is 0. The minimum Gasteiger partial charge on any atom is -0.355 e. The number of nitrogens with one attached hydrogen (secondary N) is 2. The number of hydrogen-bond acceptors (Lipinski definition) is 2. The second-order valence-electron chi connectivity index (χ2n) is 4.61. The maximum Gasteiger partial charge on any atom is 0.233 e. The van der Waals surface area contributed by atoms with Crippen LogP contribution in [0, 0.1) is 0 Å². The number of amides is 1. The zero-order valence-corrected chi connectivity index (χ0v) is 12.3. The van der Waals surface area contributed by atoms with Gasteiger partial charge in [-0.15, -0.1) is 0 Å². The summed E-state index contributed by atoms with van der Waals surface area (Å²) in [5.74, 6) is 0.0761. The SMILES string of the molecule is CCCCCNC(=O)CNCCc1ccc(Cl)cc1. The number of carbonyl (C=O) groups excluding carboxylic acids is 1. The Morgan fingerprint density at radius 3 is 2.58 bits per heavy atom. The normalized spacial score (nSPS) is 10.4. The lowest BCUT2D eigenvalue weighted by atomic mass is 10.1. The van der Waals surface area contributed by atoms with E-state index >= 15 is 0 Å². The summed E-state index contributed by atoms with van der Waals surface area (Å²) in [6.07, 6.45) is 4.31. The van der Waals surface area contributed by atoms with Gasteiger partial charge in [-0.05, 0) is 37.1 Å². The van der Waals surface area contributed by atoms with Crippen LogP contribution in [-0.4, -0.2) is 25.5 Å². The Kier molecular flexibility index (Phi) is 8.26. The fourth-order valence-electron chi connectivity index (χ4n) is 1.75. The van der Waals surface area contributed by atoms with Crippen LogP contribution in [0.2, 0.25) is 5.02 Å². The Labute approximate surface area is 120 Å². The zero-order valence-electron chi connectivity index (χ0n) is 11.5. The topological polar surface area (TPSA) is 41.1 Å². The van der Waals surface area contributed by atoms with E-state index in [1.165, 1.54) is 18.4 Å². The lowest BCUT2D eigenvalue weighted by Gasteiger charge is -2.06. The van der Waals surface area contributed by atoms with Gasteiger partial charge in [0, 0.05) is 11.6 Å². The van der Waals surface area contributed by atoms with Crippen molar-refractivity contribution in [3.8, 4) is 0 Å². The van der Waals surface area contributed by atoms with E-state index in [1.54, 1.807) is 0 Å². The molecule has 1 amide bonds. The molecule has 0 saturated heterocycles. The average molecular weight is 283 g/mol. The molecule has 0 spiro atoms. The van der Waals surface area contributed by atoms with Crippen molar-refractivity contribution in [2.45, 2.75) is 32.6 Å². The fourth-order valence-corrected chi connectivity index (χ4v) is 1.88. The number of rotatable bonds is 9. The third-order valence-corrected chi connectivity index (χ3v) is 3.14. The number of halogens is 1. The van der Waals surface area contributed by atoms with Gasteiger partial charge >= 0.3 is 0 Å². The van der Waals surface area contributed by atoms with E-state index < -0.39 is 0 Å². The molecule has 106 valence electrons. The zero-order chi connectivity index (χ0) is 13.9. The van der Waals surface area contributed by atoms with Crippen LogP contribution < -0.4 is 10.6 Å². The Morgan fingerprint density at radius 2 is 1.89 bits per heavy atom. The Hall–Kier alpha value is -1.06. The van der Waals surface area contributed by atoms with E-state index in [0.717, 1.165) is 31.0 Å². The van der Waals surface area contributed by atoms with Crippen molar-refractivity contribution in [1.82, 2.24) is 10.6 Å². The number of carbonyl (C=O) groups is 1. The molecule has 0 saturated carbocycles. The minimum atomic E-state index is 0.0761. The molecule has 1 aromatic rings. The van der Waals surface area contributed by atoms with Gasteiger partial charge in [0.2, 0.25) is 5.91 Å². The molecule has 3 nitrogen and oxygen atoms in total. The average Bonchev–Trinajstić information content (AvgIpc) is 2.42. The molecule has 0 unspecified atom stereocenters. The van der Waals surface area contributed by atoms with Crippen LogP contribution in [0.3, 0.4) is 0 Å². The molecule has 0 heterocycles. The van der Waals surface area contributed by atoms with E-state index in [4.69, 9.17) is 11.6 Å². The van der Waals surface area contributed by atoms with Crippen LogP contribution >= 0.6 is 11.6 Å². The summed E-state index contributed by atoms with van der Waals surface area (Å²) in [6, 6.07) is 7.79. The monoisotopic (exact) mass is 282 g/mol. The number of benzene rings is 1. The lowest BCUT2D eigenvalue weighted by Crippen LogP contribution is -2.35. The van der Waals surface area contributed by atoms with Crippen molar-refractivity contribution in [3.63, 3.8) is 0 Å². The summed E-state index contributed by atoms with van der Waals surface area (Å²) >= 11 is 5.82. The smallest absolute Gasteiger partial charge is 0.233 e. The molecule has 0 bridgehead atoms. The van der Waals surface area contributed by atoms with Gasteiger partial charge in [0.25, 0.3) is 0 Å². The third kappa shape index (κ3) is 7.85. The van der Waals surface area contributed by atoms with Crippen molar-refractivity contribution in [2.24, 2.45) is 0 Å². The Bertz CT molecular complexity index is 365. The van der Waals surface area contributed by atoms with Gasteiger partial charge in [0.1, 0.15) is 0 Å². The molecular weight excluding hydrogens is 260 g/mol. The minimum absolute atomic E-state index is 0.0761. The van der Waals surface area contributed by atoms with Gasteiger partial charge in [0.05, 0.1) is 6.54 Å². The first-order valence-corrected chi connectivity index (χ1v) is 7.32. The van der Waals surface area contributed by atoms with Gasteiger partial charge in [0.15, 0.2) is 0 Å². The molecule has 0 aliphatic rings. The molecule has 2 N–H and O–H groups in total. The van der Waals surface area contributed by atoms with Crippen LogP contribution in [0.5, 0.6) is 0 Å². The Morgan fingerprint density at radius 1 is 1.16 bits per heavy atom. The largest absolute Gasteiger partial charge is 0.355 e. The quantitative estimate of drug-likeness (QED) is 0.684. The first-order chi connectivity index (χ1) is 9.22. The number of hydrogen-bond donors (Lipinski definition) is 2. The molecule has 1 rings (SSSR count). The molecule has 0 aromatic heterocycles. The molecule has 0 fully saturated rings. The van der Waals surface area contributed by atoms with Crippen LogP contribution in [0.25, 0.3) is 0 Å². The summed E-state index contributed by atoms with van der Waals surface area (Å²) in [5.41, 5.74) is 1.22. The molecule has 1 aromatic carbocycles. The van der Waals surface area contributed by atoms with Gasteiger partial charge in [-0.25, -0.2) is 0 Å². The summed E-state index contributed by atoms with van der Waals surface area (Å²) in [6.45, 7) is 4.12. The summed E-state index contributed by atoms with van der Waals surface area (Å²) in [7, 11) is 0. The molecule has 0 aliphatic carbocycles. The summed E-state index contributed by atoms with van der Waals surface area (Å²) in [4.78, 5) is 11.5. The highest BCUT2D eigenvalue weighted by Crippen LogP contribution is 2.09. The van der Waals surface area contributed by atoms with Crippen molar-refractivity contribution in [1.29, 1.82) is 0 Å². The highest BCUT2D eigenvalue weighted by atomic mass is 35.5. The second-order valence-corrected chi connectivity index (χ2v) is 5.05. The van der Waals surface area contributed by atoms with Crippen LogP contribution in [-0.2, 0) is 11.2 Å². The van der Waals surface area contributed by atoms with Crippen molar-refractivity contribution in [3.05, 3.63) is 34.9 Å². The molecule has 19 heavy (non-hydrogen) atoms. The van der Waals surface area contributed by atoms with Crippen molar-refractivity contribution in [2.75, 3.05) is 19.6 Å². The van der Waals surface area contributed by atoms with Crippen LogP contribution in [0.1, 0.15) is 31.7 Å². The first-order valence-electron chi connectivity index (χ1n) is 6.94. The van der Waals surface area contributed by atoms with E-state index in [2.05, 4.69) is 17.6 Å². The van der Waals surface area contributed by atoms with Crippen molar-refractivity contribution >= 4 is 17.5 Å². The molecule has 0 atom stereocenters. The first kappa shape index (κ1) is 16.0. The van der Waals surface area contributed by atoms with Crippen LogP contribution in [0.15, 0.2) is 24.3 Å². The second kappa shape index (κ2) is 9.82. The molecule has 0 radical (unpaired) electrons. The summed E-state index contributed by atoms with van der Waals surface area (Å²) in [5, 5.41) is 6.80. The van der Waals surface area contributed by atoms with E-state index in [1.807, 2.05) is 24.3 Å². The molecule has 4 heteroatoms. The van der Waals surface area contributed by atoms with Crippen molar-refractivity contribution < 1.29 is 4.79 Å². The van der Waals surface area contributed by atoms with E-state index in [-0.39, 0.29) is 5.91 Å².